The Labute approximate surface area is 121 Å². The minimum absolute atomic E-state index is 0.0403. The predicted octanol–water partition coefficient (Wildman–Crippen LogP) is 0.398. The van der Waals surface area contributed by atoms with E-state index in [0.29, 0.717) is 5.69 Å². The maximum absolute atomic E-state index is 11.7. The van der Waals surface area contributed by atoms with Crippen molar-refractivity contribution in [3.63, 3.8) is 0 Å². The van der Waals surface area contributed by atoms with Gasteiger partial charge in [-0.3, -0.25) is 4.79 Å². The minimum atomic E-state index is -3.27. The fourth-order valence-electron chi connectivity index (χ4n) is 1.72. The van der Waals surface area contributed by atoms with Gasteiger partial charge >= 0.3 is 0 Å². The molecule has 0 radical (unpaired) electrons. The Morgan fingerprint density at radius 3 is 2.33 bits per heavy atom. The Balaban J connectivity index is 2.42. The number of hydrogen-bond acceptors (Lipinski definition) is 5. The van der Waals surface area contributed by atoms with Gasteiger partial charge in [-0.15, -0.1) is 0 Å². The Morgan fingerprint density at radius 2 is 1.81 bits per heavy atom. The zero-order valence-corrected chi connectivity index (χ0v) is 12.0. The first-order valence-electron chi connectivity index (χ1n) is 5.91. The molecule has 0 aliphatic carbocycles. The Bertz CT molecular complexity index is 852. The molecular weight excluding hydrogens is 292 g/mol. The zero-order valence-electron chi connectivity index (χ0n) is 11.2. The summed E-state index contributed by atoms with van der Waals surface area (Å²) in [7, 11) is -3.27. The van der Waals surface area contributed by atoms with Crippen LogP contribution in [0.1, 0.15) is 5.56 Å². The third kappa shape index (κ3) is 3.29. The normalized spacial score (nSPS) is 12.3. The van der Waals surface area contributed by atoms with Crippen molar-refractivity contribution in [1.82, 2.24) is 4.98 Å². The number of rotatable bonds is 3. The molecule has 0 fully saturated rings. The van der Waals surface area contributed by atoms with E-state index in [-0.39, 0.29) is 22.0 Å². The molecule has 0 spiro atoms. The maximum Gasteiger partial charge on any atom is 0.261 e. The Hall–Kier alpha value is -2.61. The monoisotopic (exact) mass is 306 g/mol. The number of nitrogens with two attached hydrogens (primary N) is 2. The Kier molecular flexibility index (Phi) is 3.81. The highest BCUT2D eigenvalue weighted by Gasteiger charge is 2.10. The smallest absolute Gasteiger partial charge is 0.261 e. The number of amidine groups is 1. The molecule has 2 aromatic rings. The first-order chi connectivity index (χ1) is 9.79. The molecule has 7 nitrogen and oxygen atoms in total. The first kappa shape index (κ1) is 14.8. The molecular formula is C13H14N4O3S. The van der Waals surface area contributed by atoms with E-state index in [1.54, 1.807) is 0 Å². The van der Waals surface area contributed by atoms with Crippen LogP contribution >= 0.6 is 0 Å². The van der Waals surface area contributed by atoms with Gasteiger partial charge in [0.15, 0.2) is 9.84 Å². The molecule has 1 aromatic heterocycles. The van der Waals surface area contributed by atoms with Crippen molar-refractivity contribution in [1.29, 1.82) is 0 Å². The van der Waals surface area contributed by atoms with Crippen LogP contribution in [0.4, 0.5) is 11.4 Å². The number of nitrogen functional groups attached to an aromatic ring is 1. The lowest BCUT2D eigenvalue weighted by molar-refractivity contribution is 0.602. The lowest BCUT2D eigenvalue weighted by atomic mass is 10.2. The molecule has 8 heteroatoms. The van der Waals surface area contributed by atoms with E-state index < -0.39 is 15.4 Å². The number of aliphatic imine (C=N–C) groups is 1. The van der Waals surface area contributed by atoms with Gasteiger partial charge in [-0.1, -0.05) is 0 Å². The van der Waals surface area contributed by atoms with Gasteiger partial charge in [-0.2, -0.15) is 0 Å². The third-order valence-corrected chi connectivity index (χ3v) is 3.89. The van der Waals surface area contributed by atoms with E-state index in [9.17, 15) is 13.2 Å². The van der Waals surface area contributed by atoms with E-state index in [0.717, 1.165) is 6.26 Å². The minimum Gasteiger partial charge on any atom is -0.398 e. The second-order valence-electron chi connectivity index (χ2n) is 4.40. The van der Waals surface area contributed by atoms with Gasteiger partial charge in [-0.25, -0.2) is 13.4 Å². The highest BCUT2D eigenvalue weighted by Crippen LogP contribution is 2.17. The molecule has 0 amide bonds. The van der Waals surface area contributed by atoms with Gasteiger partial charge in [0.05, 0.1) is 10.6 Å². The van der Waals surface area contributed by atoms with Crippen LogP contribution in [0.15, 0.2) is 51.2 Å². The highest BCUT2D eigenvalue weighted by molar-refractivity contribution is 7.90. The van der Waals surface area contributed by atoms with E-state index >= 15 is 0 Å². The van der Waals surface area contributed by atoms with Crippen LogP contribution in [0.25, 0.3) is 0 Å². The summed E-state index contributed by atoms with van der Waals surface area (Å²) in [4.78, 5) is 18.4. The van der Waals surface area contributed by atoms with E-state index in [2.05, 4.69) is 9.98 Å². The fourth-order valence-corrected chi connectivity index (χ4v) is 2.35. The quantitative estimate of drug-likeness (QED) is 0.558. The van der Waals surface area contributed by atoms with Crippen molar-refractivity contribution in [2.45, 2.75) is 4.90 Å². The van der Waals surface area contributed by atoms with Crippen LogP contribution < -0.4 is 17.0 Å². The van der Waals surface area contributed by atoms with Crippen LogP contribution in [0.2, 0.25) is 0 Å². The molecule has 0 saturated heterocycles. The number of H-pyrrole nitrogens is 1. The molecule has 0 aliphatic rings. The van der Waals surface area contributed by atoms with E-state index in [4.69, 9.17) is 11.5 Å². The third-order valence-electron chi connectivity index (χ3n) is 2.76. The summed E-state index contributed by atoms with van der Waals surface area (Å²) < 4.78 is 22.7. The molecule has 0 bridgehead atoms. The fraction of sp³-hybridized carbons (Fsp3) is 0.0769. The summed E-state index contributed by atoms with van der Waals surface area (Å²) in [6, 6.07) is 7.33. The number of benzene rings is 1. The maximum atomic E-state index is 11.7. The van der Waals surface area contributed by atoms with Crippen molar-refractivity contribution in [3.05, 3.63) is 52.4 Å². The average Bonchev–Trinajstić information content (AvgIpc) is 2.38. The molecule has 0 unspecified atom stereocenters. The van der Waals surface area contributed by atoms with Crippen molar-refractivity contribution in [2.24, 2.45) is 10.7 Å². The molecule has 2 rings (SSSR count). The Morgan fingerprint density at radius 1 is 1.19 bits per heavy atom. The number of pyridine rings is 1. The molecule has 21 heavy (non-hydrogen) atoms. The molecule has 110 valence electrons. The number of nitrogens with zero attached hydrogens (tertiary/aromatic N) is 1. The van der Waals surface area contributed by atoms with Gasteiger partial charge < -0.3 is 16.5 Å². The van der Waals surface area contributed by atoms with E-state index in [1.807, 2.05) is 0 Å². The van der Waals surface area contributed by atoms with Crippen LogP contribution in [0, 0.1) is 0 Å². The van der Waals surface area contributed by atoms with E-state index in [1.165, 1.54) is 36.5 Å². The van der Waals surface area contributed by atoms with Crippen LogP contribution in [-0.4, -0.2) is 25.5 Å². The lowest BCUT2D eigenvalue weighted by Gasteiger charge is -2.04. The predicted molar refractivity (Wildman–Crippen MR) is 81.4 cm³/mol. The number of sulfone groups is 1. The zero-order chi connectivity index (χ0) is 15.6. The molecule has 1 aromatic carbocycles. The summed E-state index contributed by atoms with van der Waals surface area (Å²) in [5, 5.41) is 0. The second-order valence-corrected chi connectivity index (χ2v) is 6.42. The van der Waals surface area contributed by atoms with Gasteiger partial charge in [0, 0.05) is 18.1 Å². The second kappa shape index (κ2) is 5.41. The molecule has 1 heterocycles. The van der Waals surface area contributed by atoms with Gasteiger partial charge in [0.25, 0.3) is 5.56 Å². The number of nitrogens with one attached hydrogen (secondary N) is 1. The SMILES string of the molecule is CS(=O)(=O)c1ccc(N=C(N)c2c(N)cc[nH]c2=O)cc1. The van der Waals surface area contributed by atoms with Crippen molar-refractivity contribution < 1.29 is 8.42 Å². The van der Waals surface area contributed by atoms with Crippen LogP contribution in [0.5, 0.6) is 0 Å². The number of aromatic amines is 1. The highest BCUT2D eigenvalue weighted by atomic mass is 32.2. The van der Waals surface area contributed by atoms with Crippen LogP contribution in [-0.2, 0) is 9.84 Å². The summed E-state index contributed by atoms with van der Waals surface area (Å²) in [5.74, 6) is -0.0403. The van der Waals surface area contributed by atoms with Crippen molar-refractivity contribution in [3.8, 4) is 0 Å². The number of hydrogen-bond donors (Lipinski definition) is 3. The molecule has 5 N–H and O–H groups in total. The molecule has 0 saturated carbocycles. The molecule has 0 atom stereocenters. The standard InChI is InChI=1S/C13H14N4O3S/c1-21(19,20)9-4-2-8(3-5-9)17-12(15)11-10(14)6-7-16-13(11)18/h2-7H,1H3,(H2,15,17)(H3,14,16,18). The van der Waals surface area contributed by atoms with Gasteiger partial charge in [0.1, 0.15) is 11.4 Å². The summed E-state index contributed by atoms with van der Waals surface area (Å²) in [6.07, 6.45) is 2.53. The van der Waals surface area contributed by atoms with Gasteiger partial charge in [-0.05, 0) is 30.3 Å². The number of anilines is 1. The average molecular weight is 306 g/mol. The lowest BCUT2D eigenvalue weighted by Crippen LogP contribution is -2.25. The summed E-state index contributed by atoms with van der Waals surface area (Å²) in [6.45, 7) is 0. The first-order valence-corrected chi connectivity index (χ1v) is 7.80. The van der Waals surface area contributed by atoms with Gasteiger partial charge in [0.2, 0.25) is 0 Å². The van der Waals surface area contributed by atoms with Crippen LogP contribution in [0.3, 0.4) is 0 Å². The molecule has 0 aliphatic heterocycles. The largest absolute Gasteiger partial charge is 0.398 e. The van der Waals surface area contributed by atoms with Crippen molar-refractivity contribution >= 4 is 27.0 Å². The summed E-state index contributed by atoms with van der Waals surface area (Å²) in [5.41, 5.74) is 11.8. The number of aromatic nitrogens is 1. The topological polar surface area (TPSA) is 131 Å². The summed E-state index contributed by atoms with van der Waals surface area (Å²) >= 11 is 0. The van der Waals surface area contributed by atoms with Crippen molar-refractivity contribution in [2.75, 3.05) is 12.0 Å².